The Kier molecular flexibility index (Phi) is 3.94. The lowest BCUT2D eigenvalue weighted by molar-refractivity contribution is 0.0695. The SMILES string of the molecule is CCCOCC1COc2c(F)ccc(F)c2C1. The first kappa shape index (κ1) is 12.3. The molecule has 94 valence electrons. The van der Waals surface area contributed by atoms with E-state index in [0.29, 0.717) is 31.8 Å². The van der Waals surface area contributed by atoms with Gasteiger partial charge in [-0.2, -0.15) is 0 Å². The van der Waals surface area contributed by atoms with Crippen LogP contribution in [0.15, 0.2) is 12.1 Å². The molecule has 2 rings (SSSR count). The van der Waals surface area contributed by atoms with Crippen LogP contribution in [-0.4, -0.2) is 19.8 Å². The maximum Gasteiger partial charge on any atom is 0.165 e. The third-order valence-electron chi connectivity index (χ3n) is 2.81. The van der Waals surface area contributed by atoms with Gasteiger partial charge < -0.3 is 9.47 Å². The van der Waals surface area contributed by atoms with Gasteiger partial charge in [-0.1, -0.05) is 6.92 Å². The van der Waals surface area contributed by atoms with Gasteiger partial charge in [0.25, 0.3) is 0 Å². The van der Waals surface area contributed by atoms with Gasteiger partial charge in [0.2, 0.25) is 0 Å². The van der Waals surface area contributed by atoms with Gasteiger partial charge in [-0.3, -0.25) is 0 Å². The molecule has 0 bridgehead atoms. The van der Waals surface area contributed by atoms with Crippen molar-refractivity contribution in [2.75, 3.05) is 19.8 Å². The van der Waals surface area contributed by atoms with Crippen LogP contribution in [0.3, 0.4) is 0 Å². The maximum absolute atomic E-state index is 13.5. The molecule has 0 amide bonds. The third kappa shape index (κ3) is 2.75. The second-order valence-corrected chi connectivity index (χ2v) is 4.29. The summed E-state index contributed by atoms with van der Waals surface area (Å²) >= 11 is 0. The smallest absolute Gasteiger partial charge is 0.165 e. The van der Waals surface area contributed by atoms with E-state index >= 15 is 0 Å². The number of hydrogen-bond acceptors (Lipinski definition) is 2. The number of fused-ring (bicyclic) bond motifs is 1. The van der Waals surface area contributed by atoms with Gasteiger partial charge in [-0.05, 0) is 25.0 Å². The molecular formula is C13H16F2O2. The fourth-order valence-electron chi connectivity index (χ4n) is 1.97. The molecule has 17 heavy (non-hydrogen) atoms. The maximum atomic E-state index is 13.5. The molecule has 1 heterocycles. The van der Waals surface area contributed by atoms with Gasteiger partial charge >= 0.3 is 0 Å². The fraction of sp³-hybridized carbons (Fsp3) is 0.538. The van der Waals surface area contributed by atoms with Crippen molar-refractivity contribution >= 4 is 0 Å². The molecule has 2 nitrogen and oxygen atoms in total. The molecule has 0 spiro atoms. The van der Waals surface area contributed by atoms with Crippen LogP contribution in [0.25, 0.3) is 0 Å². The van der Waals surface area contributed by atoms with Crippen LogP contribution >= 0.6 is 0 Å². The van der Waals surface area contributed by atoms with E-state index in [1.165, 1.54) is 0 Å². The molecule has 0 fully saturated rings. The van der Waals surface area contributed by atoms with Gasteiger partial charge in [-0.15, -0.1) is 0 Å². The monoisotopic (exact) mass is 242 g/mol. The van der Waals surface area contributed by atoms with Gasteiger partial charge in [0.05, 0.1) is 13.2 Å². The van der Waals surface area contributed by atoms with E-state index in [4.69, 9.17) is 9.47 Å². The second-order valence-electron chi connectivity index (χ2n) is 4.29. The highest BCUT2D eigenvalue weighted by Crippen LogP contribution is 2.32. The van der Waals surface area contributed by atoms with Crippen LogP contribution < -0.4 is 4.74 Å². The molecule has 0 aromatic heterocycles. The lowest BCUT2D eigenvalue weighted by Gasteiger charge is -2.25. The first-order valence-corrected chi connectivity index (χ1v) is 5.89. The Hall–Kier alpha value is -1.16. The third-order valence-corrected chi connectivity index (χ3v) is 2.81. The standard InChI is InChI=1S/C13H16F2O2/c1-2-5-16-7-9-6-10-11(14)3-4-12(15)13(10)17-8-9/h3-4,9H,2,5-8H2,1H3. The van der Waals surface area contributed by atoms with Crippen molar-refractivity contribution in [1.29, 1.82) is 0 Å². The number of halogens is 2. The van der Waals surface area contributed by atoms with Crippen molar-refractivity contribution in [3.05, 3.63) is 29.3 Å². The molecule has 1 aliphatic rings. The van der Waals surface area contributed by atoms with E-state index in [1.807, 2.05) is 6.92 Å². The summed E-state index contributed by atoms with van der Waals surface area (Å²) in [6, 6.07) is 2.24. The zero-order valence-corrected chi connectivity index (χ0v) is 9.84. The minimum atomic E-state index is -0.491. The Bertz CT molecular complexity index is 393. The summed E-state index contributed by atoms with van der Waals surface area (Å²) in [7, 11) is 0. The predicted octanol–water partition coefficient (Wildman–Crippen LogP) is 2.94. The van der Waals surface area contributed by atoms with E-state index in [0.717, 1.165) is 18.6 Å². The van der Waals surface area contributed by atoms with Crippen molar-refractivity contribution in [3.63, 3.8) is 0 Å². The molecule has 1 aromatic rings. The highest BCUT2D eigenvalue weighted by molar-refractivity contribution is 5.38. The van der Waals surface area contributed by atoms with Crippen LogP contribution in [0.1, 0.15) is 18.9 Å². The van der Waals surface area contributed by atoms with Crippen LogP contribution in [0.5, 0.6) is 5.75 Å². The van der Waals surface area contributed by atoms with Gasteiger partial charge in [0, 0.05) is 18.1 Å². The largest absolute Gasteiger partial charge is 0.490 e. The lowest BCUT2D eigenvalue weighted by Crippen LogP contribution is -2.26. The van der Waals surface area contributed by atoms with Gasteiger partial charge in [0.1, 0.15) is 5.82 Å². The van der Waals surface area contributed by atoms with E-state index in [2.05, 4.69) is 0 Å². The quantitative estimate of drug-likeness (QED) is 0.756. The van der Waals surface area contributed by atoms with Crippen molar-refractivity contribution in [2.24, 2.45) is 5.92 Å². The van der Waals surface area contributed by atoms with E-state index in [1.54, 1.807) is 0 Å². The summed E-state index contributed by atoms with van der Waals surface area (Å²) in [5.74, 6) is -0.724. The Morgan fingerprint density at radius 2 is 2.12 bits per heavy atom. The molecule has 0 saturated heterocycles. The first-order chi connectivity index (χ1) is 8.22. The number of ether oxygens (including phenoxy) is 2. The molecule has 1 aliphatic heterocycles. The summed E-state index contributed by atoms with van der Waals surface area (Å²) in [6.07, 6.45) is 1.43. The van der Waals surface area contributed by atoms with Crippen LogP contribution in [0.2, 0.25) is 0 Å². The van der Waals surface area contributed by atoms with Crippen molar-refractivity contribution < 1.29 is 18.3 Å². The Labute approximate surface area is 99.5 Å². The molecular weight excluding hydrogens is 226 g/mol. The van der Waals surface area contributed by atoms with Crippen molar-refractivity contribution in [2.45, 2.75) is 19.8 Å². The number of benzene rings is 1. The topological polar surface area (TPSA) is 18.5 Å². The second kappa shape index (κ2) is 5.45. The van der Waals surface area contributed by atoms with Gasteiger partial charge in [0.15, 0.2) is 11.6 Å². The highest BCUT2D eigenvalue weighted by atomic mass is 19.1. The lowest BCUT2D eigenvalue weighted by atomic mass is 9.97. The summed E-state index contributed by atoms with van der Waals surface area (Å²) in [5.41, 5.74) is 0.335. The molecule has 0 radical (unpaired) electrons. The molecule has 1 aromatic carbocycles. The summed E-state index contributed by atoms with van der Waals surface area (Å²) < 4.78 is 37.6. The highest BCUT2D eigenvalue weighted by Gasteiger charge is 2.25. The molecule has 1 unspecified atom stereocenters. The normalized spacial score (nSPS) is 18.6. The molecule has 4 heteroatoms. The molecule has 0 N–H and O–H groups in total. The average molecular weight is 242 g/mol. The minimum Gasteiger partial charge on any atom is -0.490 e. The summed E-state index contributed by atoms with van der Waals surface area (Å²) in [5, 5.41) is 0. The average Bonchev–Trinajstić information content (AvgIpc) is 2.34. The van der Waals surface area contributed by atoms with E-state index < -0.39 is 11.6 Å². The minimum absolute atomic E-state index is 0.0664. The number of rotatable bonds is 4. The predicted molar refractivity (Wildman–Crippen MR) is 60.2 cm³/mol. The molecule has 1 atom stereocenters. The number of hydrogen-bond donors (Lipinski definition) is 0. The Balaban J connectivity index is 2.05. The van der Waals surface area contributed by atoms with Gasteiger partial charge in [-0.25, -0.2) is 8.78 Å². The first-order valence-electron chi connectivity index (χ1n) is 5.89. The Morgan fingerprint density at radius 1 is 1.35 bits per heavy atom. The van der Waals surface area contributed by atoms with E-state index in [9.17, 15) is 8.78 Å². The summed E-state index contributed by atoms with van der Waals surface area (Å²) in [4.78, 5) is 0. The van der Waals surface area contributed by atoms with Crippen LogP contribution in [-0.2, 0) is 11.2 Å². The van der Waals surface area contributed by atoms with Crippen molar-refractivity contribution in [1.82, 2.24) is 0 Å². The molecule has 0 saturated carbocycles. The molecule has 0 aliphatic carbocycles. The zero-order valence-electron chi connectivity index (χ0n) is 9.84. The fourth-order valence-corrected chi connectivity index (χ4v) is 1.97. The zero-order chi connectivity index (χ0) is 12.3. The van der Waals surface area contributed by atoms with E-state index in [-0.39, 0.29) is 11.7 Å². The van der Waals surface area contributed by atoms with Crippen molar-refractivity contribution in [3.8, 4) is 5.75 Å². The van der Waals surface area contributed by atoms with Crippen LogP contribution in [0.4, 0.5) is 8.78 Å². The Morgan fingerprint density at radius 3 is 2.88 bits per heavy atom. The summed E-state index contributed by atoms with van der Waals surface area (Å²) in [6.45, 7) is 3.64. The van der Waals surface area contributed by atoms with Crippen LogP contribution in [0, 0.1) is 17.6 Å².